The van der Waals surface area contributed by atoms with Crippen LogP contribution in [-0.2, 0) is 0 Å². The molecule has 2 N–H and O–H groups in total. The first-order chi connectivity index (χ1) is 12.0. The summed E-state index contributed by atoms with van der Waals surface area (Å²) >= 11 is 6.61. The third-order valence-electron chi connectivity index (χ3n) is 3.30. The second kappa shape index (κ2) is 9.38. The number of nitrogens with one attached hydrogen (secondary N) is 2. The van der Waals surface area contributed by atoms with Gasteiger partial charge in [-0.2, -0.15) is 0 Å². The van der Waals surface area contributed by atoms with Gasteiger partial charge in [-0.3, -0.25) is 15.5 Å². The number of hydrogen-bond acceptors (Lipinski definition) is 6. The normalized spacial score (nSPS) is 10.4. The van der Waals surface area contributed by atoms with Crippen molar-refractivity contribution in [3.63, 3.8) is 0 Å². The predicted molar refractivity (Wildman–Crippen MR) is 103 cm³/mol. The van der Waals surface area contributed by atoms with Crippen LogP contribution >= 0.6 is 24.0 Å². The summed E-state index contributed by atoms with van der Waals surface area (Å²) in [5.41, 5.74) is 3.40. The number of amides is 1. The van der Waals surface area contributed by atoms with Crippen LogP contribution in [0, 0.1) is 6.92 Å². The van der Waals surface area contributed by atoms with Crippen molar-refractivity contribution in [2.24, 2.45) is 0 Å². The zero-order valence-corrected chi connectivity index (χ0v) is 16.0. The van der Waals surface area contributed by atoms with Gasteiger partial charge >= 0.3 is 0 Å². The number of hydrogen-bond donors (Lipinski definition) is 2. The van der Waals surface area contributed by atoms with E-state index in [0.29, 0.717) is 23.2 Å². The van der Waals surface area contributed by atoms with Crippen molar-refractivity contribution in [1.82, 2.24) is 20.2 Å². The molecule has 0 bridgehead atoms. The molecule has 0 saturated heterocycles. The lowest BCUT2D eigenvalue weighted by molar-refractivity contribution is 0.0977. The van der Waals surface area contributed by atoms with Gasteiger partial charge in [0.2, 0.25) is 5.16 Å². The number of carbonyl (C=O) groups is 1. The van der Waals surface area contributed by atoms with Gasteiger partial charge in [0.05, 0.1) is 6.61 Å². The van der Waals surface area contributed by atoms with Gasteiger partial charge in [-0.15, -0.1) is 10.2 Å². The number of ether oxygens (including phenoxy) is 1. The molecule has 1 aromatic heterocycles. The third kappa shape index (κ3) is 5.43. The summed E-state index contributed by atoms with van der Waals surface area (Å²) in [4.78, 5) is 12.3. The number of unbranched alkanes of at least 4 members (excludes halogenated alkanes) is 1. The smallest absolute Gasteiger partial charge is 0.257 e. The maximum absolute atomic E-state index is 12.3. The molecule has 0 aliphatic carbocycles. The number of thioether (sulfide) groups is 1. The Bertz CT molecular complexity index is 731. The summed E-state index contributed by atoms with van der Waals surface area (Å²) in [7, 11) is 0. The van der Waals surface area contributed by atoms with E-state index in [9.17, 15) is 4.79 Å². The summed E-state index contributed by atoms with van der Waals surface area (Å²) in [5.74, 6) is 1.10. The zero-order chi connectivity index (χ0) is 18.2. The van der Waals surface area contributed by atoms with E-state index in [0.717, 1.165) is 18.6 Å². The molecule has 0 spiro atoms. The zero-order valence-electron chi connectivity index (χ0n) is 14.4. The lowest BCUT2D eigenvalue weighted by Crippen LogP contribution is -2.38. The highest BCUT2D eigenvalue weighted by molar-refractivity contribution is 7.98. The molecule has 9 heteroatoms. The molecule has 1 aromatic carbocycles. The lowest BCUT2D eigenvalue weighted by atomic mass is 10.2. The third-order valence-corrected chi connectivity index (χ3v) is 4.12. The fourth-order valence-corrected chi connectivity index (χ4v) is 2.61. The fourth-order valence-electron chi connectivity index (χ4n) is 1.95. The van der Waals surface area contributed by atoms with Gasteiger partial charge in [0, 0.05) is 5.56 Å². The molecule has 134 valence electrons. The molecule has 2 rings (SSSR count). The minimum atomic E-state index is -0.297. The van der Waals surface area contributed by atoms with Crippen molar-refractivity contribution < 1.29 is 9.53 Å². The fraction of sp³-hybridized carbons (Fsp3) is 0.375. The molecule has 0 radical (unpaired) electrons. The summed E-state index contributed by atoms with van der Waals surface area (Å²) in [6.45, 7) is 4.57. The number of nitrogens with zero attached hydrogens (tertiary/aromatic N) is 3. The van der Waals surface area contributed by atoms with E-state index in [4.69, 9.17) is 17.0 Å². The molecule has 2 aromatic rings. The second-order valence-corrected chi connectivity index (χ2v) is 6.37. The Balaban J connectivity index is 1.92. The topological polar surface area (TPSA) is 81.1 Å². The average molecular weight is 380 g/mol. The molecule has 25 heavy (non-hydrogen) atoms. The molecule has 1 amide bonds. The van der Waals surface area contributed by atoms with Crippen LogP contribution in [0.15, 0.2) is 29.4 Å². The first-order valence-electron chi connectivity index (χ1n) is 7.86. The van der Waals surface area contributed by atoms with Crippen LogP contribution in [0.25, 0.3) is 0 Å². The maximum Gasteiger partial charge on any atom is 0.257 e. The van der Waals surface area contributed by atoms with E-state index in [1.807, 2.05) is 6.26 Å². The lowest BCUT2D eigenvalue weighted by Gasteiger charge is -2.12. The van der Waals surface area contributed by atoms with Gasteiger partial charge < -0.3 is 4.74 Å². The molecule has 7 nitrogen and oxygen atoms in total. The predicted octanol–water partition coefficient (Wildman–Crippen LogP) is 2.75. The Hall–Kier alpha value is -2.13. The number of carbonyl (C=O) groups excluding carboxylic acids is 1. The monoisotopic (exact) mass is 379 g/mol. The number of aryl methyl sites for hydroxylation is 1. The van der Waals surface area contributed by atoms with Crippen molar-refractivity contribution in [2.75, 3.05) is 18.3 Å². The Morgan fingerprint density at radius 2 is 2.04 bits per heavy atom. The molecule has 0 fully saturated rings. The van der Waals surface area contributed by atoms with Crippen LogP contribution in [0.4, 0.5) is 0 Å². The van der Waals surface area contributed by atoms with Gasteiger partial charge in [-0.05, 0) is 56.1 Å². The molecule has 0 atom stereocenters. The Morgan fingerprint density at radius 1 is 1.32 bits per heavy atom. The van der Waals surface area contributed by atoms with Crippen LogP contribution in [0.2, 0.25) is 0 Å². The van der Waals surface area contributed by atoms with Crippen LogP contribution < -0.4 is 15.5 Å². The van der Waals surface area contributed by atoms with Gasteiger partial charge in [-0.25, -0.2) is 4.68 Å². The molecule has 0 unspecified atom stereocenters. The molecule has 0 aliphatic heterocycles. The molecular weight excluding hydrogens is 358 g/mol. The van der Waals surface area contributed by atoms with E-state index in [1.54, 1.807) is 35.9 Å². The quantitative estimate of drug-likeness (QED) is 0.435. The molecule has 0 saturated carbocycles. The minimum absolute atomic E-state index is 0.173. The number of thiocarbonyl (C=S) groups is 1. The van der Waals surface area contributed by atoms with Crippen molar-refractivity contribution in [3.8, 4) is 5.75 Å². The average Bonchev–Trinajstić information content (AvgIpc) is 2.95. The molecule has 1 heterocycles. The molecular formula is C16H21N5O2S2. The van der Waals surface area contributed by atoms with Gasteiger partial charge in [-0.1, -0.05) is 25.1 Å². The molecule has 0 aliphatic rings. The van der Waals surface area contributed by atoms with Gasteiger partial charge in [0.25, 0.3) is 5.91 Å². The largest absolute Gasteiger partial charge is 0.494 e. The van der Waals surface area contributed by atoms with E-state index in [-0.39, 0.29) is 11.0 Å². The van der Waals surface area contributed by atoms with Gasteiger partial charge in [0.15, 0.2) is 5.11 Å². The first kappa shape index (κ1) is 19.2. The van der Waals surface area contributed by atoms with E-state index >= 15 is 0 Å². The Labute approximate surface area is 156 Å². The number of aromatic nitrogens is 3. The van der Waals surface area contributed by atoms with E-state index < -0.39 is 0 Å². The summed E-state index contributed by atoms with van der Waals surface area (Å²) in [6, 6.07) is 6.96. The summed E-state index contributed by atoms with van der Waals surface area (Å²) in [5, 5.41) is 11.4. The van der Waals surface area contributed by atoms with Crippen LogP contribution in [0.1, 0.15) is 35.9 Å². The summed E-state index contributed by atoms with van der Waals surface area (Å²) in [6.07, 6.45) is 3.96. The highest BCUT2D eigenvalue weighted by atomic mass is 32.2. The maximum atomic E-state index is 12.3. The Kier molecular flexibility index (Phi) is 7.20. The van der Waals surface area contributed by atoms with Crippen LogP contribution in [-0.4, -0.2) is 38.8 Å². The van der Waals surface area contributed by atoms with E-state index in [1.165, 1.54) is 11.8 Å². The second-order valence-electron chi connectivity index (χ2n) is 5.19. The SMILES string of the molecule is CCCCOc1ccc(C(=O)NC(=S)Nn2c(C)nnc2SC)cc1. The number of benzene rings is 1. The standard InChI is InChI=1S/C16H21N5O2S2/c1-4-5-10-23-13-8-6-12(7-9-13)14(22)17-15(24)20-21-11(2)18-19-16(21)25-3/h6-9H,4-5,10H2,1-3H3,(H2,17,20,22,24). The van der Waals surface area contributed by atoms with Crippen molar-refractivity contribution >= 4 is 35.0 Å². The van der Waals surface area contributed by atoms with Gasteiger partial charge in [0.1, 0.15) is 11.6 Å². The van der Waals surface area contributed by atoms with Crippen molar-refractivity contribution in [1.29, 1.82) is 0 Å². The highest BCUT2D eigenvalue weighted by Crippen LogP contribution is 2.13. The highest BCUT2D eigenvalue weighted by Gasteiger charge is 2.12. The van der Waals surface area contributed by atoms with E-state index in [2.05, 4.69) is 27.9 Å². The Morgan fingerprint density at radius 3 is 2.68 bits per heavy atom. The number of rotatable bonds is 7. The summed E-state index contributed by atoms with van der Waals surface area (Å²) < 4.78 is 7.20. The first-order valence-corrected chi connectivity index (χ1v) is 9.49. The van der Waals surface area contributed by atoms with Crippen LogP contribution in [0.5, 0.6) is 5.75 Å². The van der Waals surface area contributed by atoms with Crippen LogP contribution in [0.3, 0.4) is 0 Å². The minimum Gasteiger partial charge on any atom is -0.494 e. The van der Waals surface area contributed by atoms with Crippen molar-refractivity contribution in [3.05, 3.63) is 35.7 Å². The van der Waals surface area contributed by atoms with Crippen molar-refractivity contribution in [2.45, 2.75) is 31.8 Å².